The van der Waals surface area contributed by atoms with Crippen LogP contribution < -0.4 is 4.90 Å². The zero-order valence-electron chi connectivity index (χ0n) is 7.87. The summed E-state index contributed by atoms with van der Waals surface area (Å²) in [6, 6.07) is 9.11. The van der Waals surface area contributed by atoms with Crippen LogP contribution in [-0.2, 0) is 11.2 Å². The summed E-state index contributed by atoms with van der Waals surface area (Å²) in [7, 11) is 0. The van der Waals surface area contributed by atoms with E-state index in [1.807, 2.05) is 23.1 Å². The maximum Gasteiger partial charge on any atom is 0.224 e. The van der Waals surface area contributed by atoms with Crippen molar-refractivity contribution in [2.75, 3.05) is 4.90 Å². The van der Waals surface area contributed by atoms with Gasteiger partial charge in [0.25, 0.3) is 0 Å². The number of nitrogens with zero attached hydrogens (tertiary/aromatic N) is 1. The molecule has 0 N–H and O–H groups in total. The second kappa shape index (κ2) is 2.87. The van der Waals surface area contributed by atoms with Crippen LogP contribution >= 0.6 is 0 Å². The summed E-state index contributed by atoms with van der Waals surface area (Å²) in [4.78, 5) is 13.2. The summed E-state index contributed by atoms with van der Waals surface area (Å²) in [5.41, 5.74) is 2.28. The van der Waals surface area contributed by atoms with E-state index >= 15 is 0 Å². The Kier molecular flexibility index (Phi) is 1.83. The van der Waals surface area contributed by atoms with Crippen molar-refractivity contribution in [1.82, 2.24) is 0 Å². The fourth-order valence-corrected chi connectivity index (χ4v) is 1.98. The number of rotatable bonds is 0. The molecule has 13 heavy (non-hydrogen) atoms. The van der Waals surface area contributed by atoms with E-state index in [4.69, 9.17) is 0 Å². The van der Waals surface area contributed by atoms with Crippen molar-refractivity contribution in [3.63, 3.8) is 0 Å². The molecule has 1 heterocycles. The Bertz CT molecular complexity index is 346. The van der Waals surface area contributed by atoms with E-state index in [0.717, 1.165) is 12.1 Å². The van der Waals surface area contributed by atoms with E-state index in [2.05, 4.69) is 13.0 Å². The highest BCUT2D eigenvalue weighted by molar-refractivity contribution is 5.94. The Morgan fingerprint density at radius 2 is 2.46 bits per heavy atom. The van der Waals surface area contributed by atoms with Gasteiger partial charge in [0.2, 0.25) is 5.91 Å². The Labute approximate surface area is 78.2 Å². The van der Waals surface area contributed by atoms with Gasteiger partial charge in [0.05, 0.1) is 0 Å². The minimum absolute atomic E-state index is 0.123. The monoisotopic (exact) mass is 174 g/mol. The number of hydrogen-bond donors (Lipinski definition) is 0. The van der Waals surface area contributed by atoms with E-state index < -0.39 is 0 Å². The largest absolute Gasteiger partial charge is 0.309 e. The molecule has 2 rings (SSSR count). The molecule has 2 nitrogen and oxygen atoms in total. The van der Waals surface area contributed by atoms with E-state index in [0.29, 0.717) is 6.04 Å². The molecule has 1 aliphatic heterocycles. The lowest BCUT2D eigenvalue weighted by Gasteiger charge is -2.20. The summed E-state index contributed by atoms with van der Waals surface area (Å²) < 4.78 is 0. The Balaban J connectivity index is 2.46. The average molecular weight is 174 g/mol. The third-order valence-corrected chi connectivity index (χ3v) is 2.48. The molecule has 1 aliphatic rings. The summed E-state index contributed by atoms with van der Waals surface area (Å²) in [6.45, 7) is 3.68. The van der Waals surface area contributed by atoms with Gasteiger partial charge in [-0.2, -0.15) is 0 Å². The lowest BCUT2D eigenvalue weighted by atomic mass is 10.1. The molecule has 0 spiro atoms. The van der Waals surface area contributed by atoms with Gasteiger partial charge in [-0.05, 0) is 37.1 Å². The number of anilines is 1. The minimum Gasteiger partial charge on any atom is -0.309 e. The van der Waals surface area contributed by atoms with Gasteiger partial charge in [-0.25, -0.2) is 0 Å². The number of hydrogen-bond acceptors (Lipinski definition) is 1. The standard InChI is InChI=1S/C11H12NO/c1-8-7-10-5-3-4-6-11(10)12(8)9(2)13/h4-6,8H,7H2,1-2H3. The molecule has 1 amide bonds. The first-order valence-electron chi connectivity index (χ1n) is 4.49. The molecule has 0 aliphatic carbocycles. The molecule has 0 aromatic heterocycles. The van der Waals surface area contributed by atoms with Crippen LogP contribution in [0.3, 0.4) is 0 Å². The molecule has 0 bridgehead atoms. The predicted molar refractivity (Wildman–Crippen MR) is 51.6 cm³/mol. The van der Waals surface area contributed by atoms with Crippen LogP contribution in [0.15, 0.2) is 18.2 Å². The molecule has 0 fully saturated rings. The highest BCUT2D eigenvalue weighted by Gasteiger charge is 2.27. The Morgan fingerprint density at radius 3 is 3.15 bits per heavy atom. The van der Waals surface area contributed by atoms with Gasteiger partial charge >= 0.3 is 0 Å². The third-order valence-electron chi connectivity index (χ3n) is 2.48. The van der Waals surface area contributed by atoms with Crippen LogP contribution in [0.25, 0.3) is 0 Å². The second-order valence-corrected chi connectivity index (χ2v) is 3.50. The first-order chi connectivity index (χ1) is 6.20. The summed E-state index contributed by atoms with van der Waals surface area (Å²) in [5, 5.41) is 0. The first-order valence-corrected chi connectivity index (χ1v) is 4.49. The van der Waals surface area contributed by atoms with Crippen LogP contribution in [0, 0.1) is 6.07 Å². The van der Waals surface area contributed by atoms with Crippen molar-refractivity contribution in [3.8, 4) is 0 Å². The van der Waals surface area contributed by atoms with Gasteiger partial charge in [-0.1, -0.05) is 6.07 Å². The zero-order valence-corrected chi connectivity index (χ0v) is 7.87. The molecule has 1 atom stereocenters. The van der Waals surface area contributed by atoms with Gasteiger partial charge in [-0.3, -0.25) is 4.79 Å². The van der Waals surface area contributed by atoms with E-state index in [1.54, 1.807) is 6.92 Å². The van der Waals surface area contributed by atoms with Crippen LogP contribution in [0.5, 0.6) is 0 Å². The quantitative estimate of drug-likeness (QED) is 0.587. The van der Waals surface area contributed by atoms with Crippen molar-refractivity contribution < 1.29 is 4.79 Å². The van der Waals surface area contributed by atoms with Crippen molar-refractivity contribution in [2.24, 2.45) is 0 Å². The zero-order chi connectivity index (χ0) is 9.42. The topological polar surface area (TPSA) is 20.3 Å². The number of carbonyl (C=O) groups excluding carboxylic acids is 1. The van der Waals surface area contributed by atoms with Crippen LogP contribution in [0.4, 0.5) is 5.69 Å². The number of fused-ring (bicyclic) bond motifs is 1. The van der Waals surface area contributed by atoms with Crippen molar-refractivity contribution in [3.05, 3.63) is 29.8 Å². The van der Waals surface area contributed by atoms with Gasteiger partial charge < -0.3 is 4.90 Å². The second-order valence-electron chi connectivity index (χ2n) is 3.50. The van der Waals surface area contributed by atoms with Gasteiger partial charge in [0.1, 0.15) is 0 Å². The van der Waals surface area contributed by atoms with E-state index in [1.165, 1.54) is 5.56 Å². The molecule has 1 aromatic carbocycles. The maximum absolute atomic E-state index is 11.3. The van der Waals surface area contributed by atoms with Crippen LogP contribution in [0.1, 0.15) is 19.4 Å². The fourth-order valence-electron chi connectivity index (χ4n) is 1.98. The molecule has 1 unspecified atom stereocenters. The summed E-state index contributed by atoms with van der Waals surface area (Å²) in [6.07, 6.45) is 0.951. The normalized spacial score (nSPS) is 20.2. The molecular formula is C11H12NO. The summed E-state index contributed by atoms with van der Waals surface area (Å²) in [5.74, 6) is 0.123. The smallest absolute Gasteiger partial charge is 0.224 e. The SMILES string of the molecule is CC(=O)N1c2cc[c]cc2CC1C. The van der Waals surface area contributed by atoms with E-state index in [9.17, 15) is 4.79 Å². The highest BCUT2D eigenvalue weighted by atomic mass is 16.2. The lowest BCUT2D eigenvalue weighted by molar-refractivity contribution is -0.116. The highest BCUT2D eigenvalue weighted by Crippen LogP contribution is 2.31. The van der Waals surface area contributed by atoms with Crippen molar-refractivity contribution in [1.29, 1.82) is 0 Å². The van der Waals surface area contributed by atoms with Crippen LogP contribution in [0.2, 0.25) is 0 Å². The van der Waals surface area contributed by atoms with Gasteiger partial charge in [0, 0.05) is 18.7 Å². The van der Waals surface area contributed by atoms with E-state index in [-0.39, 0.29) is 5.91 Å². The summed E-state index contributed by atoms with van der Waals surface area (Å²) >= 11 is 0. The lowest BCUT2D eigenvalue weighted by Crippen LogP contribution is -2.33. The first kappa shape index (κ1) is 8.30. The number of carbonyl (C=O) groups is 1. The predicted octanol–water partition coefficient (Wildman–Crippen LogP) is 1.78. The molecule has 0 saturated carbocycles. The molecule has 67 valence electrons. The Hall–Kier alpha value is -1.31. The minimum atomic E-state index is 0.123. The Morgan fingerprint density at radius 1 is 1.69 bits per heavy atom. The molecule has 1 radical (unpaired) electrons. The average Bonchev–Trinajstić information content (AvgIpc) is 2.39. The number of benzene rings is 1. The molecule has 0 saturated heterocycles. The van der Waals surface area contributed by atoms with Crippen LogP contribution in [-0.4, -0.2) is 11.9 Å². The molecular weight excluding hydrogens is 162 g/mol. The van der Waals surface area contributed by atoms with Gasteiger partial charge in [-0.15, -0.1) is 0 Å². The molecule has 1 aromatic rings. The molecule has 2 heteroatoms. The van der Waals surface area contributed by atoms with Crippen molar-refractivity contribution >= 4 is 11.6 Å². The van der Waals surface area contributed by atoms with Gasteiger partial charge in [0.15, 0.2) is 0 Å². The third kappa shape index (κ3) is 1.22. The van der Waals surface area contributed by atoms with Crippen molar-refractivity contribution in [2.45, 2.75) is 26.3 Å². The fraction of sp³-hybridized carbons (Fsp3) is 0.364. The number of amides is 1. The maximum atomic E-state index is 11.3.